The number of nitrogens with two attached hydrogens (primary N) is 1. The minimum absolute atomic E-state index is 0.552. The zero-order valence-electron chi connectivity index (χ0n) is 10.1. The van der Waals surface area contributed by atoms with Gasteiger partial charge in [0.2, 0.25) is 0 Å². The van der Waals surface area contributed by atoms with E-state index in [1.165, 1.54) is 6.33 Å². The van der Waals surface area contributed by atoms with Crippen LogP contribution in [0.3, 0.4) is 0 Å². The van der Waals surface area contributed by atoms with E-state index >= 15 is 0 Å². The van der Waals surface area contributed by atoms with Crippen molar-refractivity contribution >= 4 is 27.6 Å². The van der Waals surface area contributed by atoms with Crippen molar-refractivity contribution in [3.63, 3.8) is 0 Å². The molecule has 2 rings (SSSR count). The first-order valence-corrected chi connectivity index (χ1v) is 6.14. The molecule has 0 radical (unpaired) electrons. The molecule has 0 spiro atoms. The van der Waals surface area contributed by atoms with Crippen LogP contribution in [0, 0.1) is 6.92 Å². The highest BCUT2D eigenvalue weighted by Crippen LogP contribution is 2.29. The Morgan fingerprint density at radius 1 is 1.50 bits per heavy atom. The number of halogens is 1. The largest absolute Gasteiger partial charge is 0.469 e. The Kier molecular flexibility index (Phi) is 3.83. The third-order valence-electron chi connectivity index (χ3n) is 2.64. The van der Waals surface area contributed by atoms with Crippen molar-refractivity contribution in [3.8, 4) is 0 Å². The Morgan fingerprint density at radius 2 is 2.28 bits per heavy atom. The number of hydrogen-bond donors (Lipinski definition) is 2. The van der Waals surface area contributed by atoms with Gasteiger partial charge in [-0.1, -0.05) is 0 Å². The summed E-state index contributed by atoms with van der Waals surface area (Å²) in [6.45, 7) is 2.63. The van der Waals surface area contributed by atoms with Gasteiger partial charge >= 0.3 is 0 Å². The zero-order valence-corrected chi connectivity index (χ0v) is 11.7. The van der Waals surface area contributed by atoms with Gasteiger partial charge in [0.15, 0.2) is 5.82 Å². The summed E-state index contributed by atoms with van der Waals surface area (Å²) < 4.78 is 6.01. The monoisotopic (exact) mass is 311 g/mol. The van der Waals surface area contributed by atoms with Crippen molar-refractivity contribution in [1.29, 1.82) is 0 Å². The molecule has 18 heavy (non-hydrogen) atoms. The molecule has 2 aromatic heterocycles. The number of nitrogen functional groups attached to an aromatic ring is 1. The fourth-order valence-corrected chi connectivity index (χ4v) is 2.25. The highest BCUT2D eigenvalue weighted by Gasteiger charge is 2.13. The number of anilines is 2. The van der Waals surface area contributed by atoms with Gasteiger partial charge < -0.3 is 14.7 Å². The van der Waals surface area contributed by atoms with Gasteiger partial charge in [0, 0.05) is 19.2 Å². The predicted octanol–water partition coefficient (Wildman–Crippen LogP) is 2.06. The maximum atomic E-state index is 5.38. The number of aryl methyl sites for hydroxylation is 1. The van der Waals surface area contributed by atoms with Gasteiger partial charge in [-0.05, 0) is 28.9 Å². The van der Waals surface area contributed by atoms with E-state index < -0.39 is 0 Å². The van der Waals surface area contributed by atoms with Crippen LogP contribution in [0.25, 0.3) is 0 Å². The molecule has 0 aliphatic rings. The van der Waals surface area contributed by atoms with Crippen molar-refractivity contribution in [3.05, 3.63) is 34.5 Å². The fraction of sp³-hybridized carbons (Fsp3) is 0.273. The first kappa shape index (κ1) is 12.8. The zero-order chi connectivity index (χ0) is 13.1. The van der Waals surface area contributed by atoms with Crippen LogP contribution in [0.4, 0.5) is 11.6 Å². The van der Waals surface area contributed by atoms with Crippen molar-refractivity contribution in [2.24, 2.45) is 5.84 Å². The maximum absolute atomic E-state index is 5.38. The van der Waals surface area contributed by atoms with E-state index in [0.29, 0.717) is 12.4 Å². The number of rotatable bonds is 4. The van der Waals surface area contributed by atoms with Gasteiger partial charge in [0.05, 0.1) is 6.26 Å². The summed E-state index contributed by atoms with van der Waals surface area (Å²) in [5, 5.41) is 0. The molecule has 0 atom stereocenters. The van der Waals surface area contributed by atoms with E-state index in [0.717, 1.165) is 21.6 Å². The summed E-state index contributed by atoms with van der Waals surface area (Å²) in [5.74, 6) is 7.60. The van der Waals surface area contributed by atoms with Crippen LogP contribution in [0.1, 0.15) is 11.3 Å². The summed E-state index contributed by atoms with van der Waals surface area (Å²) >= 11 is 3.43. The van der Waals surface area contributed by atoms with Gasteiger partial charge in [0.1, 0.15) is 22.4 Å². The summed E-state index contributed by atoms with van der Waals surface area (Å²) in [6, 6.07) is 1.95. The molecule has 7 heteroatoms. The van der Waals surface area contributed by atoms with Crippen LogP contribution < -0.4 is 16.2 Å². The molecule has 0 bridgehead atoms. The highest BCUT2D eigenvalue weighted by molar-refractivity contribution is 9.10. The quantitative estimate of drug-likeness (QED) is 0.664. The van der Waals surface area contributed by atoms with Crippen molar-refractivity contribution in [1.82, 2.24) is 9.97 Å². The van der Waals surface area contributed by atoms with Crippen molar-refractivity contribution in [2.45, 2.75) is 13.5 Å². The second-order valence-corrected chi connectivity index (χ2v) is 4.66. The Morgan fingerprint density at radius 3 is 2.89 bits per heavy atom. The Bertz CT molecular complexity index is 542. The van der Waals surface area contributed by atoms with E-state index in [2.05, 4.69) is 31.3 Å². The predicted molar refractivity (Wildman–Crippen MR) is 73.1 cm³/mol. The normalized spacial score (nSPS) is 10.4. The molecule has 0 unspecified atom stereocenters. The third-order valence-corrected chi connectivity index (χ3v) is 3.37. The molecular weight excluding hydrogens is 298 g/mol. The Balaban J connectivity index is 2.24. The molecule has 6 nitrogen and oxygen atoms in total. The third kappa shape index (κ3) is 2.46. The second kappa shape index (κ2) is 5.36. The van der Waals surface area contributed by atoms with Gasteiger partial charge in [-0.2, -0.15) is 0 Å². The molecule has 0 aromatic carbocycles. The number of aromatic nitrogens is 2. The maximum Gasteiger partial charge on any atom is 0.159 e. The lowest BCUT2D eigenvalue weighted by Crippen LogP contribution is -2.20. The number of hydrogen-bond acceptors (Lipinski definition) is 6. The first-order valence-electron chi connectivity index (χ1n) is 5.34. The molecule has 2 heterocycles. The molecule has 0 aliphatic carbocycles. The topological polar surface area (TPSA) is 80.2 Å². The van der Waals surface area contributed by atoms with E-state index in [1.807, 2.05) is 24.9 Å². The van der Waals surface area contributed by atoms with Gasteiger partial charge in [-0.15, -0.1) is 0 Å². The van der Waals surface area contributed by atoms with E-state index in [-0.39, 0.29) is 0 Å². The Labute approximate surface area is 113 Å². The minimum Gasteiger partial charge on any atom is -0.469 e. The van der Waals surface area contributed by atoms with Crippen molar-refractivity contribution in [2.75, 3.05) is 17.4 Å². The summed E-state index contributed by atoms with van der Waals surface area (Å²) in [4.78, 5) is 10.2. The SMILES string of the molecule is Cc1occc1CN(C)c1ncnc(NN)c1Br. The Hall–Kier alpha value is -1.60. The van der Waals surface area contributed by atoms with Gasteiger partial charge in [-0.25, -0.2) is 15.8 Å². The van der Waals surface area contributed by atoms with Gasteiger partial charge in [0.25, 0.3) is 0 Å². The molecule has 0 saturated carbocycles. The molecule has 2 aromatic rings. The molecule has 3 N–H and O–H groups in total. The van der Waals surface area contributed by atoms with Crippen LogP contribution in [0.2, 0.25) is 0 Å². The lowest BCUT2D eigenvalue weighted by Gasteiger charge is -2.19. The minimum atomic E-state index is 0.552. The smallest absolute Gasteiger partial charge is 0.159 e. The van der Waals surface area contributed by atoms with Gasteiger partial charge in [-0.3, -0.25) is 0 Å². The lowest BCUT2D eigenvalue weighted by molar-refractivity contribution is 0.529. The molecular formula is C11H14BrN5O. The van der Waals surface area contributed by atoms with Crippen LogP contribution in [-0.4, -0.2) is 17.0 Å². The first-order chi connectivity index (χ1) is 8.63. The molecule has 0 aliphatic heterocycles. The average molecular weight is 312 g/mol. The summed E-state index contributed by atoms with van der Waals surface area (Å²) in [6.07, 6.45) is 3.15. The second-order valence-electron chi connectivity index (χ2n) is 3.86. The van der Waals surface area contributed by atoms with Crippen LogP contribution in [0.15, 0.2) is 27.5 Å². The fourth-order valence-electron chi connectivity index (χ4n) is 1.63. The molecule has 0 amide bonds. The number of nitrogens with one attached hydrogen (secondary N) is 1. The van der Waals surface area contributed by atoms with E-state index in [1.54, 1.807) is 6.26 Å². The standard InChI is InChI=1S/C11H14BrN5O/c1-7-8(3-4-18-7)5-17(2)11-9(12)10(16-13)14-6-15-11/h3-4,6H,5,13H2,1-2H3,(H,14,15,16). The summed E-state index contributed by atoms with van der Waals surface area (Å²) in [5.41, 5.74) is 3.63. The summed E-state index contributed by atoms with van der Waals surface area (Å²) in [7, 11) is 1.94. The van der Waals surface area contributed by atoms with Crippen LogP contribution in [-0.2, 0) is 6.54 Å². The van der Waals surface area contributed by atoms with Crippen LogP contribution >= 0.6 is 15.9 Å². The van der Waals surface area contributed by atoms with Crippen molar-refractivity contribution < 1.29 is 4.42 Å². The molecule has 0 saturated heterocycles. The average Bonchev–Trinajstić information content (AvgIpc) is 2.75. The number of hydrazine groups is 1. The molecule has 0 fully saturated rings. The van der Waals surface area contributed by atoms with Crippen LogP contribution in [0.5, 0.6) is 0 Å². The highest BCUT2D eigenvalue weighted by atomic mass is 79.9. The lowest BCUT2D eigenvalue weighted by atomic mass is 10.2. The number of nitrogens with zero attached hydrogens (tertiary/aromatic N) is 3. The number of furan rings is 1. The van der Waals surface area contributed by atoms with E-state index in [9.17, 15) is 0 Å². The molecule has 96 valence electrons. The van der Waals surface area contributed by atoms with E-state index in [4.69, 9.17) is 10.3 Å².